The highest BCUT2D eigenvalue weighted by Gasteiger charge is 2.45. The predicted octanol–water partition coefficient (Wildman–Crippen LogP) is 1.35. The van der Waals surface area contributed by atoms with Gasteiger partial charge in [0.1, 0.15) is 29.3 Å². The van der Waals surface area contributed by atoms with Gasteiger partial charge in [0, 0.05) is 42.9 Å². The average Bonchev–Trinajstić information content (AvgIpc) is 3.53. The number of hydrogen-bond acceptors (Lipinski definition) is 6. The van der Waals surface area contributed by atoms with Crippen LogP contribution in [-0.4, -0.2) is 68.1 Å². The summed E-state index contributed by atoms with van der Waals surface area (Å²) >= 11 is 0. The highest BCUT2D eigenvalue weighted by molar-refractivity contribution is 6.58. The van der Waals surface area contributed by atoms with Crippen LogP contribution in [0.4, 0.5) is 5.69 Å². The maximum Gasteiger partial charge on any atom is 0.135 e. The summed E-state index contributed by atoms with van der Waals surface area (Å²) in [7, 11) is 8.22. The van der Waals surface area contributed by atoms with Gasteiger partial charge in [0.2, 0.25) is 0 Å². The number of rotatable bonds is 6. The number of anilines is 1. The fourth-order valence-electron chi connectivity index (χ4n) is 6.08. The molecule has 6 rings (SSSR count). The van der Waals surface area contributed by atoms with Crippen LogP contribution in [0.25, 0.3) is 16.8 Å². The molecule has 2 aromatic heterocycles. The van der Waals surface area contributed by atoms with Crippen molar-refractivity contribution in [1.29, 1.82) is 0 Å². The van der Waals surface area contributed by atoms with Crippen molar-refractivity contribution in [3.05, 3.63) is 77.5 Å². The SMILES string of the molecule is BC(B)(B)OC1=C2c3ncc(-c4c(C)nnn4C)cc3N([C@H](c3ccccc3)C3CCOCC3)C2C=C1. The topological polar surface area (TPSA) is 65.3 Å². The van der Waals surface area contributed by atoms with Gasteiger partial charge in [-0.1, -0.05) is 41.6 Å². The van der Waals surface area contributed by atoms with Crippen LogP contribution in [0.5, 0.6) is 0 Å². The molecule has 1 unspecified atom stereocenters. The van der Waals surface area contributed by atoms with E-state index in [-0.39, 0.29) is 17.4 Å². The number of allylic oxidation sites excluding steroid dienone is 1. The average molecular weight is 491 g/mol. The van der Waals surface area contributed by atoms with Crippen LogP contribution >= 0.6 is 0 Å². The van der Waals surface area contributed by atoms with Crippen LogP contribution in [0.3, 0.4) is 0 Å². The second kappa shape index (κ2) is 9.24. The van der Waals surface area contributed by atoms with E-state index in [2.05, 4.69) is 87.3 Å². The van der Waals surface area contributed by atoms with Gasteiger partial charge in [-0.25, -0.2) is 4.68 Å². The Labute approximate surface area is 221 Å². The molecule has 2 aliphatic heterocycles. The first-order valence-corrected chi connectivity index (χ1v) is 13.2. The smallest absolute Gasteiger partial charge is 0.135 e. The lowest BCUT2D eigenvalue weighted by atomic mass is 9.52. The summed E-state index contributed by atoms with van der Waals surface area (Å²) < 4.78 is 14.1. The molecule has 1 aliphatic carbocycles. The van der Waals surface area contributed by atoms with Crippen molar-refractivity contribution < 1.29 is 9.47 Å². The molecule has 0 bridgehead atoms. The molecule has 0 saturated carbocycles. The molecule has 10 heteroatoms. The maximum absolute atomic E-state index is 6.47. The molecule has 0 spiro atoms. The fourth-order valence-corrected chi connectivity index (χ4v) is 6.08. The Morgan fingerprint density at radius 1 is 1.14 bits per heavy atom. The molecular formula is C27H32B3N5O2. The van der Waals surface area contributed by atoms with Gasteiger partial charge in [-0.2, -0.15) is 0 Å². The van der Waals surface area contributed by atoms with Crippen molar-refractivity contribution in [3.63, 3.8) is 0 Å². The van der Waals surface area contributed by atoms with Crippen molar-refractivity contribution in [2.24, 2.45) is 13.0 Å². The van der Waals surface area contributed by atoms with E-state index < -0.39 is 0 Å². The molecule has 1 saturated heterocycles. The fraction of sp³-hybridized carbons (Fsp3) is 0.370. The minimum absolute atomic E-state index is 0.0638. The lowest BCUT2D eigenvalue weighted by molar-refractivity contribution is 0.0572. The number of benzene rings is 1. The standard InChI is InChI=1S/C27H32B3N5O2/c1-16-25(34(2)33-32-16)19-14-21-24(31-15-19)23-20(8-9-22(23)37-27(28,29)30)35(21)26(17-6-4-3-5-7-17)18-10-12-36-13-11-18/h3-9,14-15,18,20,26H,10-13,28-30H2,1-2H3/t20?,26-/m1/s1. The number of hydrogen-bond donors (Lipinski definition) is 0. The van der Waals surface area contributed by atoms with Crippen molar-refractivity contribution in [2.75, 3.05) is 18.1 Å². The predicted molar refractivity (Wildman–Crippen MR) is 153 cm³/mol. The zero-order valence-corrected chi connectivity index (χ0v) is 22.3. The van der Waals surface area contributed by atoms with Crippen molar-refractivity contribution in [3.8, 4) is 11.3 Å². The second-order valence-corrected chi connectivity index (χ2v) is 11.2. The number of nitrogens with zero attached hydrogens (tertiary/aromatic N) is 5. The molecule has 1 fully saturated rings. The first kappa shape index (κ1) is 24.1. The number of aromatic nitrogens is 4. The number of pyridine rings is 1. The molecule has 3 aromatic rings. The summed E-state index contributed by atoms with van der Waals surface area (Å²) in [6.07, 6.45) is 8.44. The van der Waals surface area contributed by atoms with Gasteiger partial charge in [-0.15, -0.1) is 5.10 Å². The summed E-state index contributed by atoms with van der Waals surface area (Å²) in [5.74, 6) is 1.38. The zero-order chi connectivity index (χ0) is 25.7. The zero-order valence-electron chi connectivity index (χ0n) is 22.3. The highest BCUT2D eigenvalue weighted by atomic mass is 16.5. The maximum atomic E-state index is 6.47. The molecule has 37 heavy (non-hydrogen) atoms. The molecule has 0 radical (unpaired) electrons. The molecule has 4 heterocycles. The van der Waals surface area contributed by atoms with Crippen LogP contribution in [0.1, 0.15) is 35.8 Å². The van der Waals surface area contributed by atoms with Gasteiger partial charge in [0.15, 0.2) is 0 Å². The van der Waals surface area contributed by atoms with E-state index in [1.54, 1.807) is 0 Å². The Kier molecular flexibility index (Phi) is 6.02. The monoisotopic (exact) mass is 491 g/mol. The lowest BCUT2D eigenvalue weighted by Crippen LogP contribution is -2.39. The molecule has 0 N–H and O–H groups in total. The van der Waals surface area contributed by atoms with Crippen LogP contribution < -0.4 is 4.90 Å². The van der Waals surface area contributed by atoms with Crippen molar-refractivity contribution in [2.45, 2.75) is 37.1 Å². The van der Waals surface area contributed by atoms with Gasteiger partial charge >= 0.3 is 0 Å². The molecule has 3 aliphatic rings. The molecule has 186 valence electrons. The van der Waals surface area contributed by atoms with Crippen LogP contribution in [0, 0.1) is 12.8 Å². The summed E-state index contributed by atoms with van der Waals surface area (Å²) in [6.45, 7) is 3.60. The first-order valence-electron chi connectivity index (χ1n) is 13.2. The van der Waals surface area contributed by atoms with Crippen LogP contribution in [0.2, 0.25) is 0 Å². The molecule has 1 aromatic carbocycles. The summed E-state index contributed by atoms with van der Waals surface area (Å²) in [6, 6.07) is 13.4. The van der Waals surface area contributed by atoms with E-state index in [4.69, 9.17) is 14.5 Å². The van der Waals surface area contributed by atoms with Gasteiger partial charge in [-0.05, 0) is 43.4 Å². The normalized spacial score (nSPS) is 20.3. The van der Waals surface area contributed by atoms with Crippen molar-refractivity contribution in [1.82, 2.24) is 20.0 Å². The Hall–Kier alpha value is -3.26. The van der Waals surface area contributed by atoms with E-state index in [9.17, 15) is 0 Å². The highest BCUT2D eigenvalue weighted by Crippen LogP contribution is 2.52. The molecular weight excluding hydrogens is 459 g/mol. The molecule has 2 atom stereocenters. The molecule has 7 nitrogen and oxygen atoms in total. The third kappa shape index (κ3) is 4.31. The summed E-state index contributed by atoms with van der Waals surface area (Å²) in [5.41, 5.74) is 7.53. The first-order chi connectivity index (χ1) is 17.8. The number of aryl methyl sites for hydroxylation is 2. The Balaban J connectivity index is 1.55. The van der Waals surface area contributed by atoms with E-state index in [1.165, 1.54) is 5.56 Å². The molecule has 0 amide bonds. The Morgan fingerprint density at radius 2 is 1.89 bits per heavy atom. The second-order valence-electron chi connectivity index (χ2n) is 11.2. The minimum atomic E-state index is -0.299. The Morgan fingerprint density at radius 3 is 2.57 bits per heavy atom. The Bertz CT molecular complexity index is 1360. The minimum Gasteiger partial charge on any atom is -0.513 e. The van der Waals surface area contributed by atoms with Crippen molar-refractivity contribution >= 4 is 34.8 Å². The van der Waals surface area contributed by atoms with Gasteiger partial charge in [-0.3, -0.25) is 4.98 Å². The number of fused-ring (bicyclic) bond motifs is 3. The third-order valence-corrected chi connectivity index (χ3v) is 7.53. The largest absolute Gasteiger partial charge is 0.513 e. The lowest BCUT2D eigenvalue weighted by Gasteiger charge is -2.41. The third-order valence-electron chi connectivity index (χ3n) is 7.53. The summed E-state index contributed by atoms with van der Waals surface area (Å²) in [5, 5.41) is 8.23. The van der Waals surface area contributed by atoms with Crippen LogP contribution in [-0.2, 0) is 16.5 Å². The van der Waals surface area contributed by atoms with Gasteiger partial charge < -0.3 is 14.4 Å². The van der Waals surface area contributed by atoms with E-state index in [1.807, 2.05) is 24.9 Å². The van der Waals surface area contributed by atoms with E-state index in [0.717, 1.165) is 65.7 Å². The van der Waals surface area contributed by atoms with Gasteiger partial charge in [0.05, 0.1) is 34.9 Å². The van der Waals surface area contributed by atoms with E-state index in [0.29, 0.717) is 5.92 Å². The quantitative estimate of drug-likeness (QED) is 0.486. The number of ether oxygens (including phenoxy) is 2. The van der Waals surface area contributed by atoms with Crippen LogP contribution in [0.15, 0.2) is 60.5 Å². The van der Waals surface area contributed by atoms with E-state index >= 15 is 0 Å². The van der Waals surface area contributed by atoms with Gasteiger partial charge in [0.25, 0.3) is 0 Å². The summed E-state index contributed by atoms with van der Waals surface area (Å²) in [4.78, 5) is 7.66.